The largest absolute Gasteiger partial charge is 0.270 e. The van der Waals surface area contributed by atoms with Crippen LogP contribution in [0.1, 0.15) is 39.2 Å². The maximum atomic E-state index is 16.9. The van der Waals surface area contributed by atoms with E-state index in [1.807, 2.05) is 0 Å². The predicted octanol–water partition coefficient (Wildman–Crippen LogP) is 7.15. The van der Waals surface area contributed by atoms with Gasteiger partial charge in [-0.2, -0.15) is 19.9 Å². The Morgan fingerprint density at radius 2 is 1.28 bits per heavy atom. The highest BCUT2D eigenvalue weighted by molar-refractivity contribution is 6.29. The van der Waals surface area contributed by atoms with Gasteiger partial charge in [0.2, 0.25) is 23.2 Å². The molecule has 2 aliphatic carbocycles. The minimum Gasteiger partial charge on any atom is -0.237 e. The fourth-order valence-corrected chi connectivity index (χ4v) is 5.26. The Kier molecular flexibility index (Phi) is 7.32. The maximum Gasteiger partial charge on any atom is 0.270 e. The van der Waals surface area contributed by atoms with Crippen molar-refractivity contribution in [2.24, 2.45) is 0 Å². The second kappa shape index (κ2) is 11.3. The Labute approximate surface area is 260 Å². The van der Waals surface area contributed by atoms with Gasteiger partial charge in [-0.1, -0.05) is 0 Å². The first-order valence-corrected chi connectivity index (χ1v) is 12.3. The third kappa shape index (κ3) is 4.16. The smallest absolute Gasteiger partial charge is 0.237 e. The van der Waals surface area contributed by atoms with Crippen molar-refractivity contribution in [3.05, 3.63) is 144 Å². The van der Waals surface area contributed by atoms with Gasteiger partial charge in [0, 0.05) is 45.2 Å². The first-order valence-electron chi connectivity index (χ1n) is 12.3. The van der Waals surface area contributed by atoms with Crippen molar-refractivity contribution in [1.29, 1.82) is 21.0 Å². The average Bonchev–Trinajstić information content (AvgIpc) is 3.60. The molecule has 47 heavy (non-hydrogen) atoms. The molecule has 15 heteroatoms. The molecule has 0 amide bonds. The Bertz CT molecular complexity index is 2520. The summed E-state index contributed by atoms with van der Waals surface area (Å²) in [5, 5.41) is 38.7. The second-order valence-corrected chi connectivity index (χ2v) is 9.12. The summed E-state index contributed by atoms with van der Waals surface area (Å²) in [5.41, 5.74) is -13.3. The lowest BCUT2D eigenvalue weighted by Gasteiger charge is -2.15. The van der Waals surface area contributed by atoms with Gasteiger partial charge in [-0.25, -0.2) is 52.4 Å². The normalized spacial score (nSPS) is 14.7. The lowest BCUT2D eigenvalue weighted by molar-refractivity contribution is 0.573. The summed E-state index contributed by atoms with van der Waals surface area (Å²) in [5.74, 6) is -7.99. The van der Waals surface area contributed by atoms with Gasteiger partial charge in [-0.05, 0) is 23.3 Å². The van der Waals surface area contributed by atoms with Crippen molar-refractivity contribution in [3.8, 4) is 24.3 Å². The van der Waals surface area contributed by atoms with Gasteiger partial charge in [0.05, 0.1) is 49.6 Å². The van der Waals surface area contributed by atoms with Crippen molar-refractivity contribution >= 4 is 39.2 Å². The van der Waals surface area contributed by atoms with Crippen LogP contribution in [0.4, 0.5) is 27.6 Å². The molecule has 0 saturated carbocycles. The van der Waals surface area contributed by atoms with Gasteiger partial charge in [-0.15, -0.1) is 0 Å². The monoisotopic (exact) mass is 622 g/mol. The van der Waals surface area contributed by atoms with Gasteiger partial charge in [0.15, 0.2) is 0 Å². The van der Waals surface area contributed by atoms with Crippen LogP contribution in [0.2, 0.25) is 0 Å². The van der Waals surface area contributed by atoms with Crippen molar-refractivity contribution in [2.75, 3.05) is 0 Å². The summed E-state index contributed by atoms with van der Waals surface area (Å²) < 4.78 is 79.2. The van der Waals surface area contributed by atoms with Crippen LogP contribution < -0.4 is 0 Å². The van der Waals surface area contributed by atoms with E-state index in [0.29, 0.717) is 18.3 Å². The van der Waals surface area contributed by atoms with Crippen LogP contribution in [0, 0.1) is 101 Å². The van der Waals surface area contributed by atoms with Crippen molar-refractivity contribution in [2.45, 2.75) is 0 Å². The topological polar surface area (TPSA) is 138 Å². The highest BCUT2D eigenvalue weighted by Crippen LogP contribution is 2.58. The van der Waals surface area contributed by atoms with Crippen LogP contribution in [0.5, 0.6) is 0 Å². The number of rotatable bonds is 2. The van der Waals surface area contributed by atoms with Gasteiger partial charge in [-0.3, -0.25) is 0 Å². The number of hydrogen-bond acceptors (Lipinski definition) is 6. The van der Waals surface area contributed by atoms with E-state index in [-0.39, 0.29) is 0 Å². The van der Waals surface area contributed by atoms with Crippen molar-refractivity contribution < 1.29 is 22.0 Å². The lowest BCUT2D eigenvalue weighted by Crippen LogP contribution is -2.05. The molecule has 0 fully saturated rings. The molecule has 10 nitrogen and oxygen atoms in total. The third-order valence-electron chi connectivity index (χ3n) is 7.02. The number of halogens is 5. The van der Waals surface area contributed by atoms with Crippen molar-refractivity contribution in [3.63, 3.8) is 0 Å². The van der Waals surface area contributed by atoms with Crippen LogP contribution in [-0.4, -0.2) is 9.97 Å². The zero-order valence-corrected chi connectivity index (χ0v) is 22.6. The highest BCUT2D eigenvalue weighted by atomic mass is 19.1. The summed E-state index contributed by atoms with van der Waals surface area (Å²) in [6.45, 7) is 29.8. The molecule has 0 unspecified atom stereocenters. The molecule has 0 atom stereocenters. The number of aromatic nitrogens is 2. The molecule has 216 valence electrons. The summed E-state index contributed by atoms with van der Waals surface area (Å²) in [7, 11) is 0. The van der Waals surface area contributed by atoms with E-state index in [9.17, 15) is 20.2 Å². The first kappa shape index (κ1) is 30.5. The van der Waals surface area contributed by atoms with Gasteiger partial charge in [0.1, 0.15) is 35.4 Å². The van der Waals surface area contributed by atoms with Gasteiger partial charge >= 0.3 is 0 Å². The molecule has 0 N–H and O–H groups in total. The molecule has 0 radical (unpaired) electrons. The number of hydrogen-bond donors (Lipinski definition) is 0. The number of allylic oxidation sites excluding steroid dienone is 7. The van der Waals surface area contributed by atoms with E-state index in [2.05, 4.69) is 29.3 Å². The van der Waals surface area contributed by atoms with Crippen LogP contribution in [0.3, 0.4) is 0 Å². The first-order chi connectivity index (χ1) is 22.6. The molecule has 5 rings (SSSR count). The molecule has 0 spiro atoms. The van der Waals surface area contributed by atoms with E-state index in [1.165, 1.54) is 18.2 Å². The van der Waals surface area contributed by atoms with Crippen molar-refractivity contribution in [1.82, 2.24) is 9.97 Å². The molecule has 0 aliphatic heterocycles. The quantitative estimate of drug-likeness (QED) is 0.129. The minimum absolute atomic E-state index is 0.441. The molecule has 0 bridgehead atoms. The number of benzene rings is 2. The number of nitrogens with zero attached hydrogens (tertiary/aromatic N) is 10. The molecule has 3 aromatic rings. The maximum absolute atomic E-state index is 16.9. The van der Waals surface area contributed by atoms with Crippen LogP contribution >= 0.6 is 0 Å². The van der Waals surface area contributed by atoms with E-state index in [0.717, 1.165) is 0 Å². The summed E-state index contributed by atoms with van der Waals surface area (Å²) in [6, 6.07) is 6.84. The zero-order valence-electron chi connectivity index (χ0n) is 22.6. The number of nitriles is 4. The fourth-order valence-electron chi connectivity index (χ4n) is 5.26. The number of fused-ring (bicyclic) bond motifs is 2. The van der Waals surface area contributed by atoms with E-state index >= 15 is 17.6 Å². The van der Waals surface area contributed by atoms with Gasteiger partial charge in [0.25, 0.3) is 11.4 Å². The minimum atomic E-state index is -1.60. The standard InChI is InChI=1S/C32H3F5N10/c1-42-17-6-15(33)12(5-16(17)34)23-25(19(9-40)44-3)27-28(31(23)45-4)30(36)26-22(29(27)35)13(7-38)21(24(26)18(8-39)43-2)14-11-46-20(10-41)47-32(14)37/h5-6,11H/b24-18-,25-19+. The molecule has 1 aromatic heterocycles. The third-order valence-corrected chi connectivity index (χ3v) is 7.02. The lowest BCUT2D eigenvalue weighted by atomic mass is 9.90. The van der Waals surface area contributed by atoms with E-state index < -0.39 is 119 Å². The average molecular weight is 622 g/mol. The Hall–Kier alpha value is -7.95. The summed E-state index contributed by atoms with van der Waals surface area (Å²) >= 11 is 0. The highest BCUT2D eigenvalue weighted by Gasteiger charge is 2.44. The van der Waals surface area contributed by atoms with Crippen LogP contribution in [-0.2, 0) is 0 Å². The summed E-state index contributed by atoms with van der Waals surface area (Å²) in [6.07, 6.45) is 0.687. The molecule has 2 aromatic carbocycles. The van der Waals surface area contributed by atoms with Crippen LogP contribution in [0.25, 0.3) is 52.9 Å². The molecule has 0 saturated heterocycles. The SMILES string of the molecule is [C-]#[N+]C1=C(c2cc(F)c([N+]#[C-])cc2F)/C(=C(/C#N)[N+]#[C-])c2c(F)c3c(c(F)c21)/C(=C(/C#N)[N+]#[C-])C(c1cnc(C#N)nc1F)=C3C#N. The van der Waals surface area contributed by atoms with Gasteiger partial charge < -0.3 is 0 Å². The van der Waals surface area contributed by atoms with Crippen LogP contribution in [0.15, 0.2) is 29.7 Å². The van der Waals surface area contributed by atoms with E-state index in [4.69, 9.17) is 31.6 Å². The van der Waals surface area contributed by atoms with E-state index in [1.54, 1.807) is 6.07 Å². The predicted molar refractivity (Wildman–Crippen MR) is 150 cm³/mol. The second-order valence-electron chi connectivity index (χ2n) is 9.12. The molecule has 2 aliphatic rings. The molecular weight excluding hydrogens is 619 g/mol. The Morgan fingerprint density at radius 1 is 0.681 bits per heavy atom. The Morgan fingerprint density at radius 3 is 1.79 bits per heavy atom. The molecular formula is C32H3F5N10. The Balaban J connectivity index is 2.04. The fraction of sp³-hybridized carbons (Fsp3) is 0. The zero-order chi connectivity index (χ0) is 34.3. The summed E-state index contributed by atoms with van der Waals surface area (Å²) in [4.78, 5) is 18.9. The molecule has 1 heterocycles.